The van der Waals surface area contributed by atoms with Crippen molar-refractivity contribution in [3.8, 4) is 5.69 Å². The predicted octanol–water partition coefficient (Wildman–Crippen LogP) is 2.67. The zero-order chi connectivity index (χ0) is 10.4. The molecule has 15 heavy (non-hydrogen) atoms. The molecule has 0 amide bonds. The molecule has 0 spiro atoms. The van der Waals surface area contributed by atoms with E-state index in [0.717, 1.165) is 16.9 Å². The molecule has 0 saturated carbocycles. The minimum absolute atomic E-state index is 0.567. The molecule has 3 rings (SSSR count). The predicted molar refractivity (Wildman–Crippen MR) is 58.2 cm³/mol. The van der Waals surface area contributed by atoms with E-state index in [1.807, 2.05) is 35.0 Å². The van der Waals surface area contributed by atoms with Gasteiger partial charge in [-0.3, -0.25) is 0 Å². The van der Waals surface area contributed by atoms with Gasteiger partial charge in [-0.25, -0.2) is 0 Å². The van der Waals surface area contributed by atoms with E-state index >= 15 is 0 Å². The molecule has 0 bridgehead atoms. The summed E-state index contributed by atoms with van der Waals surface area (Å²) < 4.78 is 1.97. The smallest absolute Gasteiger partial charge is 0.136 e. The molecular formula is C11H7ClN2O. The number of fused-ring (bicyclic) bond motifs is 3. The molecule has 0 atom stereocenters. The highest BCUT2D eigenvalue weighted by molar-refractivity contribution is 6.31. The van der Waals surface area contributed by atoms with E-state index in [0.29, 0.717) is 10.7 Å². The molecule has 0 aliphatic carbocycles. The minimum atomic E-state index is 0.567. The van der Waals surface area contributed by atoms with Crippen LogP contribution in [0.2, 0.25) is 5.02 Å². The largest absolute Gasteiger partial charge is 0.410 e. The summed E-state index contributed by atoms with van der Waals surface area (Å²) in [6.07, 6.45) is 1.93. The summed E-state index contributed by atoms with van der Waals surface area (Å²) in [5.74, 6) is 0. The average molecular weight is 219 g/mol. The van der Waals surface area contributed by atoms with Gasteiger partial charge < -0.3 is 9.77 Å². The zero-order valence-corrected chi connectivity index (χ0v) is 8.44. The lowest BCUT2D eigenvalue weighted by Crippen LogP contribution is -1.97. The number of hydrogen-bond acceptors (Lipinski definition) is 2. The Hall–Kier alpha value is -1.74. The van der Waals surface area contributed by atoms with Crippen LogP contribution in [0.15, 0.2) is 41.7 Å². The second-order valence-electron chi connectivity index (χ2n) is 3.37. The van der Waals surface area contributed by atoms with Gasteiger partial charge in [0.05, 0.1) is 11.4 Å². The van der Waals surface area contributed by atoms with Crippen LogP contribution in [0, 0.1) is 0 Å². The zero-order valence-electron chi connectivity index (χ0n) is 7.68. The lowest BCUT2D eigenvalue weighted by Gasteiger charge is -2.00. The first-order chi connectivity index (χ1) is 7.31. The van der Waals surface area contributed by atoms with Gasteiger partial charge in [0, 0.05) is 16.8 Å². The van der Waals surface area contributed by atoms with Gasteiger partial charge in [-0.2, -0.15) is 0 Å². The van der Waals surface area contributed by atoms with Crippen molar-refractivity contribution in [3.05, 3.63) is 52.8 Å². The van der Waals surface area contributed by atoms with Gasteiger partial charge >= 0.3 is 0 Å². The van der Waals surface area contributed by atoms with Crippen molar-refractivity contribution in [3.63, 3.8) is 0 Å². The third-order valence-corrected chi connectivity index (χ3v) is 2.80. The van der Waals surface area contributed by atoms with Crippen LogP contribution in [0.3, 0.4) is 0 Å². The Labute approximate surface area is 91.2 Å². The Balaban J connectivity index is 2.39. The fraction of sp³-hybridized carbons (Fsp3) is 0. The van der Waals surface area contributed by atoms with Gasteiger partial charge in [-0.05, 0) is 30.3 Å². The molecule has 3 nitrogen and oxygen atoms in total. The van der Waals surface area contributed by atoms with Gasteiger partial charge in [0.1, 0.15) is 5.71 Å². The Bertz CT molecular complexity index is 572. The lowest BCUT2D eigenvalue weighted by atomic mass is 10.1. The molecule has 0 radical (unpaired) electrons. The van der Waals surface area contributed by atoms with Crippen LogP contribution in [0.25, 0.3) is 5.69 Å². The van der Waals surface area contributed by atoms with Crippen molar-refractivity contribution in [1.29, 1.82) is 0 Å². The Morgan fingerprint density at radius 3 is 2.93 bits per heavy atom. The van der Waals surface area contributed by atoms with Crippen LogP contribution in [-0.2, 0) is 0 Å². The summed E-state index contributed by atoms with van der Waals surface area (Å²) in [6.45, 7) is 0. The average Bonchev–Trinajstić information content (AvgIpc) is 2.76. The normalized spacial score (nSPS) is 15.4. The summed E-state index contributed by atoms with van der Waals surface area (Å²) >= 11 is 5.91. The molecule has 4 heteroatoms. The molecule has 1 N–H and O–H groups in total. The van der Waals surface area contributed by atoms with E-state index < -0.39 is 0 Å². The Kier molecular flexibility index (Phi) is 1.64. The van der Waals surface area contributed by atoms with E-state index in [1.165, 1.54) is 0 Å². The number of halogens is 1. The van der Waals surface area contributed by atoms with E-state index in [2.05, 4.69) is 5.16 Å². The molecular weight excluding hydrogens is 212 g/mol. The number of hydrogen-bond donors (Lipinski definition) is 1. The summed E-state index contributed by atoms with van der Waals surface area (Å²) in [4.78, 5) is 0. The first-order valence-electron chi connectivity index (χ1n) is 4.51. The van der Waals surface area contributed by atoms with Crippen LogP contribution < -0.4 is 0 Å². The van der Waals surface area contributed by atoms with Gasteiger partial charge in [-0.15, -0.1) is 0 Å². The standard InChI is InChI=1S/C11H7ClN2O/c12-7-3-4-9-8(6-7)11(13-15)10-2-1-5-14(9)10/h1-6,15H/b13-11-. The van der Waals surface area contributed by atoms with Crippen LogP contribution in [0.4, 0.5) is 0 Å². The first-order valence-corrected chi connectivity index (χ1v) is 4.89. The lowest BCUT2D eigenvalue weighted by molar-refractivity contribution is 0.319. The Morgan fingerprint density at radius 1 is 1.27 bits per heavy atom. The van der Waals surface area contributed by atoms with E-state index in [1.54, 1.807) is 6.07 Å². The summed E-state index contributed by atoms with van der Waals surface area (Å²) in [7, 11) is 0. The van der Waals surface area contributed by atoms with E-state index in [-0.39, 0.29) is 0 Å². The summed E-state index contributed by atoms with van der Waals surface area (Å²) in [5.41, 5.74) is 3.31. The molecule has 2 heterocycles. The fourth-order valence-electron chi connectivity index (χ4n) is 1.94. The third-order valence-electron chi connectivity index (χ3n) is 2.56. The number of nitrogens with zero attached hydrogens (tertiary/aromatic N) is 2. The number of oxime groups is 1. The van der Waals surface area contributed by atoms with Crippen molar-refractivity contribution in [2.45, 2.75) is 0 Å². The minimum Gasteiger partial charge on any atom is -0.410 e. The molecule has 0 unspecified atom stereocenters. The maximum Gasteiger partial charge on any atom is 0.136 e. The molecule has 74 valence electrons. The summed E-state index contributed by atoms with van der Waals surface area (Å²) in [6, 6.07) is 9.36. The highest BCUT2D eigenvalue weighted by Crippen LogP contribution is 2.30. The molecule has 2 aromatic rings. The first kappa shape index (κ1) is 8.56. The maximum atomic E-state index is 9.00. The Morgan fingerprint density at radius 2 is 2.13 bits per heavy atom. The van der Waals surface area contributed by atoms with Gasteiger partial charge in [-0.1, -0.05) is 16.8 Å². The van der Waals surface area contributed by atoms with Crippen molar-refractivity contribution in [2.24, 2.45) is 5.16 Å². The second kappa shape index (κ2) is 2.87. The van der Waals surface area contributed by atoms with Crippen LogP contribution in [0.5, 0.6) is 0 Å². The topological polar surface area (TPSA) is 37.5 Å². The number of rotatable bonds is 0. The van der Waals surface area contributed by atoms with Gasteiger partial charge in [0.15, 0.2) is 0 Å². The number of aromatic nitrogens is 1. The fourth-order valence-corrected chi connectivity index (χ4v) is 2.11. The van der Waals surface area contributed by atoms with Crippen LogP contribution >= 0.6 is 11.6 Å². The molecule has 1 aromatic carbocycles. The van der Waals surface area contributed by atoms with E-state index in [4.69, 9.17) is 16.8 Å². The summed E-state index contributed by atoms with van der Waals surface area (Å²) in [5, 5.41) is 13.0. The monoisotopic (exact) mass is 218 g/mol. The molecule has 1 aliphatic rings. The van der Waals surface area contributed by atoms with Gasteiger partial charge in [0.25, 0.3) is 0 Å². The molecule has 1 aliphatic heterocycles. The SMILES string of the molecule is O/N=C1/c2cc(Cl)ccc2-n2cccc21. The number of benzene rings is 1. The second-order valence-corrected chi connectivity index (χ2v) is 3.81. The quantitative estimate of drug-likeness (QED) is 0.457. The molecule has 0 saturated heterocycles. The third kappa shape index (κ3) is 1.04. The van der Waals surface area contributed by atoms with Crippen LogP contribution in [-0.4, -0.2) is 15.5 Å². The van der Waals surface area contributed by atoms with Crippen molar-refractivity contribution < 1.29 is 5.21 Å². The van der Waals surface area contributed by atoms with E-state index in [9.17, 15) is 0 Å². The maximum absolute atomic E-state index is 9.00. The van der Waals surface area contributed by atoms with Crippen molar-refractivity contribution in [1.82, 2.24) is 4.57 Å². The highest BCUT2D eigenvalue weighted by atomic mass is 35.5. The van der Waals surface area contributed by atoms with Crippen molar-refractivity contribution in [2.75, 3.05) is 0 Å². The highest BCUT2D eigenvalue weighted by Gasteiger charge is 2.24. The van der Waals surface area contributed by atoms with Gasteiger partial charge in [0.2, 0.25) is 0 Å². The molecule has 1 aromatic heterocycles. The van der Waals surface area contributed by atoms with Crippen molar-refractivity contribution >= 4 is 17.3 Å². The van der Waals surface area contributed by atoms with Crippen LogP contribution in [0.1, 0.15) is 11.3 Å². The molecule has 0 fully saturated rings.